The molecule has 1 aromatic rings. The zero-order valence-corrected chi connectivity index (χ0v) is 12.2. The van der Waals surface area contributed by atoms with Gasteiger partial charge in [0.2, 0.25) is 0 Å². The van der Waals surface area contributed by atoms with Crippen molar-refractivity contribution in [2.45, 2.75) is 38.0 Å². The molecular formula is C17H23NO2. The molecule has 0 bridgehead atoms. The first kappa shape index (κ1) is 12.5. The van der Waals surface area contributed by atoms with Crippen LogP contribution < -0.4 is 14.8 Å². The molecule has 3 heteroatoms. The fourth-order valence-corrected chi connectivity index (χ4v) is 4.08. The van der Waals surface area contributed by atoms with Crippen LogP contribution in [0.1, 0.15) is 38.2 Å². The quantitative estimate of drug-likeness (QED) is 0.915. The minimum Gasteiger partial charge on any atom is -0.486 e. The highest BCUT2D eigenvalue weighted by atomic mass is 16.6. The van der Waals surface area contributed by atoms with Crippen molar-refractivity contribution in [3.8, 4) is 11.5 Å². The lowest BCUT2D eigenvalue weighted by Crippen LogP contribution is -2.49. The molecule has 3 nitrogen and oxygen atoms in total. The molecule has 1 aromatic carbocycles. The van der Waals surface area contributed by atoms with Gasteiger partial charge in [-0.25, -0.2) is 0 Å². The molecule has 1 heterocycles. The Bertz CT molecular complexity index is 514. The number of benzene rings is 1. The molecule has 4 rings (SSSR count). The topological polar surface area (TPSA) is 30.5 Å². The summed E-state index contributed by atoms with van der Waals surface area (Å²) in [6, 6.07) is 6.57. The summed E-state index contributed by atoms with van der Waals surface area (Å²) in [5.41, 5.74) is 2.45. The molecule has 0 amide bonds. The van der Waals surface area contributed by atoms with Crippen LogP contribution in [0, 0.1) is 5.41 Å². The van der Waals surface area contributed by atoms with E-state index in [0.29, 0.717) is 24.0 Å². The Morgan fingerprint density at radius 2 is 1.85 bits per heavy atom. The molecule has 1 N–H and O–H groups in total. The third-order valence-corrected chi connectivity index (χ3v) is 5.25. The summed E-state index contributed by atoms with van der Waals surface area (Å²) in [5, 5.41) is 3.56. The van der Waals surface area contributed by atoms with Gasteiger partial charge in [0, 0.05) is 12.0 Å². The molecule has 0 unspecified atom stereocenters. The summed E-state index contributed by atoms with van der Waals surface area (Å²) >= 11 is 0. The molecule has 2 saturated carbocycles. The third-order valence-electron chi connectivity index (χ3n) is 5.25. The standard InChI is InChI=1S/C17H23NO2/c1-2-18-12-17(10-16(11-17)5-6-16)13-3-4-14-15(9-13)20-8-7-19-14/h3-4,9,18H,2,5-8,10-12H2,1H3. The lowest BCUT2D eigenvalue weighted by molar-refractivity contribution is 0.115. The van der Waals surface area contributed by atoms with Crippen LogP contribution in [0.25, 0.3) is 0 Å². The number of fused-ring (bicyclic) bond motifs is 1. The van der Waals surface area contributed by atoms with Gasteiger partial charge in [-0.1, -0.05) is 13.0 Å². The van der Waals surface area contributed by atoms with Crippen LogP contribution in [-0.4, -0.2) is 26.3 Å². The third kappa shape index (κ3) is 1.91. The lowest BCUT2D eigenvalue weighted by Gasteiger charge is -2.50. The molecule has 0 atom stereocenters. The summed E-state index contributed by atoms with van der Waals surface area (Å²) in [6.07, 6.45) is 5.55. The first-order valence-corrected chi connectivity index (χ1v) is 7.86. The SMILES string of the molecule is CCNCC1(c2ccc3c(c2)OCCO3)CC2(CC2)C1. The van der Waals surface area contributed by atoms with Gasteiger partial charge < -0.3 is 14.8 Å². The summed E-state index contributed by atoms with van der Waals surface area (Å²) in [5.74, 6) is 1.83. The van der Waals surface area contributed by atoms with E-state index in [1.165, 1.54) is 31.2 Å². The predicted octanol–water partition coefficient (Wildman–Crippen LogP) is 2.88. The van der Waals surface area contributed by atoms with Gasteiger partial charge >= 0.3 is 0 Å². The molecule has 1 aliphatic heterocycles. The van der Waals surface area contributed by atoms with Crippen LogP contribution in [0.2, 0.25) is 0 Å². The van der Waals surface area contributed by atoms with Gasteiger partial charge in [-0.2, -0.15) is 0 Å². The molecule has 0 radical (unpaired) electrons. The number of ether oxygens (including phenoxy) is 2. The van der Waals surface area contributed by atoms with E-state index in [0.717, 1.165) is 24.6 Å². The second kappa shape index (κ2) is 4.39. The molecule has 1 spiro atoms. The Morgan fingerprint density at radius 3 is 2.55 bits per heavy atom. The predicted molar refractivity (Wildman–Crippen MR) is 78.6 cm³/mol. The van der Waals surface area contributed by atoms with Crippen molar-refractivity contribution < 1.29 is 9.47 Å². The van der Waals surface area contributed by atoms with Gasteiger partial charge in [0.15, 0.2) is 11.5 Å². The average Bonchev–Trinajstić information content (AvgIpc) is 3.23. The minimum atomic E-state index is 0.322. The largest absolute Gasteiger partial charge is 0.486 e. The van der Waals surface area contributed by atoms with E-state index in [1.807, 2.05) is 0 Å². The molecule has 2 aliphatic carbocycles. The summed E-state index contributed by atoms with van der Waals surface area (Å²) < 4.78 is 11.4. The van der Waals surface area contributed by atoms with Crippen LogP contribution in [0.15, 0.2) is 18.2 Å². The van der Waals surface area contributed by atoms with Gasteiger partial charge in [0.25, 0.3) is 0 Å². The lowest BCUT2D eigenvalue weighted by atomic mass is 9.56. The zero-order chi connectivity index (χ0) is 13.6. The number of likely N-dealkylation sites (N-methyl/N-ethyl adjacent to an activating group) is 1. The maximum Gasteiger partial charge on any atom is 0.161 e. The number of hydrogen-bond donors (Lipinski definition) is 1. The highest BCUT2D eigenvalue weighted by Crippen LogP contribution is 2.69. The number of nitrogens with one attached hydrogen (secondary N) is 1. The summed E-state index contributed by atoms with van der Waals surface area (Å²) in [7, 11) is 0. The fourth-order valence-electron chi connectivity index (χ4n) is 4.08. The van der Waals surface area contributed by atoms with Crippen LogP contribution in [0.3, 0.4) is 0 Å². The first-order valence-electron chi connectivity index (χ1n) is 7.86. The fraction of sp³-hybridized carbons (Fsp3) is 0.647. The Labute approximate surface area is 120 Å². The van der Waals surface area contributed by atoms with Gasteiger partial charge in [-0.15, -0.1) is 0 Å². The molecule has 3 aliphatic rings. The van der Waals surface area contributed by atoms with Crippen molar-refractivity contribution in [2.24, 2.45) is 5.41 Å². The van der Waals surface area contributed by atoms with Crippen molar-refractivity contribution in [3.63, 3.8) is 0 Å². The van der Waals surface area contributed by atoms with Crippen molar-refractivity contribution in [1.82, 2.24) is 5.32 Å². The summed E-state index contributed by atoms with van der Waals surface area (Å²) in [4.78, 5) is 0. The van der Waals surface area contributed by atoms with Crippen LogP contribution in [0.5, 0.6) is 11.5 Å². The van der Waals surface area contributed by atoms with Gasteiger partial charge in [0.1, 0.15) is 13.2 Å². The Morgan fingerprint density at radius 1 is 1.10 bits per heavy atom. The van der Waals surface area contributed by atoms with Gasteiger partial charge in [-0.3, -0.25) is 0 Å². The van der Waals surface area contributed by atoms with Crippen molar-refractivity contribution in [2.75, 3.05) is 26.3 Å². The van der Waals surface area contributed by atoms with Crippen LogP contribution in [-0.2, 0) is 5.41 Å². The van der Waals surface area contributed by atoms with Gasteiger partial charge in [0.05, 0.1) is 0 Å². The van der Waals surface area contributed by atoms with Crippen LogP contribution in [0.4, 0.5) is 0 Å². The van der Waals surface area contributed by atoms with E-state index >= 15 is 0 Å². The zero-order valence-electron chi connectivity index (χ0n) is 12.2. The molecule has 108 valence electrons. The van der Waals surface area contributed by atoms with E-state index in [-0.39, 0.29) is 0 Å². The minimum absolute atomic E-state index is 0.322. The van der Waals surface area contributed by atoms with Crippen molar-refractivity contribution in [3.05, 3.63) is 23.8 Å². The van der Waals surface area contributed by atoms with Crippen LogP contribution >= 0.6 is 0 Å². The van der Waals surface area contributed by atoms with E-state index < -0.39 is 0 Å². The monoisotopic (exact) mass is 273 g/mol. The number of hydrogen-bond acceptors (Lipinski definition) is 3. The molecule has 2 fully saturated rings. The average molecular weight is 273 g/mol. The first-order chi connectivity index (χ1) is 9.75. The van der Waals surface area contributed by atoms with E-state index in [2.05, 4.69) is 30.4 Å². The smallest absolute Gasteiger partial charge is 0.161 e. The Kier molecular flexibility index (Phi) is 2.75. The highest BCUT2D eigenvalue weighted by molar-refractivity contribution is 5.47. The van der Waals surface area contributed by atoms with Crippen molar-refractivity contribution in [1.29, 1.82) is 0 Å². The molecule has 0 aromatic heterocycles. The van der Waals surface area contributed by atoms with Gasteiger partial charge in [-0.05, 0) is 55.3 Å². The maximum absolute atomic E-state index is 5.75. The Hall–Kier alpha value is -1.22. The Balaban J connectivity index is 1.62. The van der Waals surface area contributed by atoms with E-state index in [1.54, 1.807) is 0 Å². The number of rotatable bonds is 4. The maximum atomic E-state index is 5.75. The highest BCUT2D eigenvalue weighted by Gasteiger charge is 2.61. The summed E-state index contributed by atoms with van der Waals surface area (Å²) in [6.45, 7) is 5.64. The second-order valence-electron chi connectivity index (χ2n) is 6.77. The second-order valence-corrected chi connectivity index (χ2v) is 6.77. The molecular weight excluding hydrogens is 250 g/mol. The van der Waals surface area contributed by atoms with Crippen molar-refractivity contribution >= 4 is 0 Å². The van der Waals surface area contributed by atoms with E-state index in [9.17, 15) is 0 Å². The molecule has 20 heavy (non-hydrogen) atoms. The molecule has 0 saturated heterocycles. The normalized spacial score (nSPS) is 24.2. The van der Waals surface area contributed by atoms with E-state index in [4.69, 9.17) is 9.47 Å².